The number of carbonyl (C=O) groups is 1. The lowest BCUT2D eigenvalue weighted by Gasteiger charge is -2.04. The Kier molecular flexibility index (Phi) is 5.74. The van der Waals surface area contributed by atoms with Gasteiger partial charge in [0.25, 0.3) is 5.91 Å². The van der Waals surface area contributed by atoms with Crippen molar-refractivity contribution in [3.8, 4) is 17.2 Å². The zero-order chi connectivity index (χ0) is 20.4. The fourth-order valence-electron chi connectivity index (χ4n) is 2.66. The number of anilines is 1. The number of carbonyl (C=O) groups excluding carboxylic acids is 1. The van der Waals surface area contributed by atoms with Gasteiger partial charge >= 0.3 is 0 Å². The van der Waals surface area contributed by atoms with Crippen LogP contribution in [0, 0.1) is 6.92 Å². The van der Waals surface area contributed by atoms with Crippen molar-refractivity contribution in [3.05, 3.63) is 64.3 Å². The highest BCUT2D eigenvalue weighted by Gasteiger charge is 2.18. The van der Waals surface area contributed by atoms with Crippen LogP contribution in [-0.2, 0) is 0 Å². The number of nitrogens with zero attached hydrogens (tertiary/aromatic N) is 5. The molecule has 0 bridgehead atoms. The number of thioether (sulfide) groups is 1. The van der Waals surface area contributed by atoms with E-state index in [1.54, 1.807) is 28.6 Å². The normalized spacial score (nSPS) is 10.9. The lowest BCUT2D eigenvalue weighted by Crippen LogP contribution is -2.11. The van der Waals surface area contributed by atoms with Crippen LogP contribution < -0.4 is 5.32 Å². The molecule has 0 aliphatic carbocycles. The Balaban J connectivity index is 1.56. The molecule has 4 rings (SSSR count). The van der Waals surface area contributed by atoms with Crippen molar-refractivity contribution in [3.63, 3.8) is 0 Å². The maximum absolute atomic E-state index is 12.4. The highest BCUT2D eigenvalue weighted by atomic mass is 79.9. The molecule has 0 unspecified atom stereocenters. The van der Waals surface area contributed by atoms with Crippen LogP contribution in [0.1, 0.15) is 16.1 Å². The summed E-state index contributed by atoms with van der Waals surface area (Å²) < 4.78 is 7.01. The first-order chi connectivity index (χ1) is 14.0. The summed E-state index contributed by atoms with van der Waals surface area (Å²) in [5, 5.41) is 11.7. The summed E-state index contributed by atoms with van der Waals surface area (Å²) in [6, 6.07) is 15.2. The fourth-order valence-corrected chi connectivity index (χ4v) is 3.95. The predicted octanol–water partition coefficient (Wildman–Crippen LogP) is 4.83. The number of rotatable bonds is 5. The minimum atomic E-state index is -0.241. The quantitative estimate of drug-likeness (QED) is 0.406. The molecular formula is C19H15BrN6OS2. The van der Waals surface area contributed by atoms with E-state index >= 15 is 0 Å². The maximum Gasteiger partial charge on any atom is 0.257 e. The molecule has 2 heterocycles. The zero-order valence-corrected chi connectivity index (χ0v) is 18.7. The average molecular weight is 487 g/mol. The van der Waals surface area contributed by atoms with Gasteiger partial charge in [-0.05, 0) is 55.6 Å². The summed E-state index contributed by atoms with van der Waals surface area (Å²) in [6.07, 6.45) is 2.03. The van der Waals surface area contributed by atoms with Crippen LogP contribution in [-0.4, -0.2) is 36.5 Å². The van der Waals surface area contributed by atoms with Crippen LogP contribution in [0.2, 0.25) is 0 Å². The summed E-state index contributed by atoms with van der Waals surface area (Å²) in [5.74, 6) is 0.195. The number of nitrogens with one attached hydrogen (secondary N) is 1. The standard InChI is InChI=1S/C19H15BrN6OS2/c1-11-16(23-25-26(11)14-4-3-5-15(10-14)28-2)17-21-19(29-24-17)22-18(27)12-6-8-13(20)9-7-12/h3-10H,1-2H3,(H,21,22,24,27). The number of hydrogen-bond acceptors (Lipinski definition) is 7. The molecule has 0 aliphatic heterocycles. The van der Waals surface area contributed by atoms with Crippen molar-refractivity contribution in [2.75, 3.05) is 11.6 Å². The van der Waals surface area contributed by atoms with Crippen molar-refractivity contribution in [2.24, 2.45) is 0 Å². The van der Waals surface area contributed by atoms with Crippen LogP contribution in [0.4, 0.5) is 5.13 Å². The monoisotopic (exact) mass is 486 g/mol. The maximum atomic E-state index is 12.4. The van der Waals surface area contributed by atoms with E-state index < -0.39 is 0 Å². The van der Waals surface area contributed by atoms with Gasteiger partial charge in [0.2, 0.25) is 5.13 Å². The van der Waals surface area contributed by atoms with E-state index in [9.17, 15) is 4.79 Å². The second-order valence-electron chi connectivity index (χ2n) is 6.02. The molecule has 146 valence electrons. The summed E-state index contributed by atoms with van der Waals surface area (Å²) >= 11 is 6.13. The van der Waals surface area contributed by atoms with Crippen molar-refractivity contribution in [1.29, 1.82) is 0 Å². The van der Waals surface area contributed by atoms with Gasteiger partial charge in [0, 0.05) is 26.5 Å². The van der Waals surface area contributed by atoms with E-state index in [2.05, 4.69) is 47.0 Å². The number of halogens is 1. The van der Waals surface area contributed by atoms with Gasteiger partial charge in [-0.1, -0.05) is 27.2 Å². The van der Waals surface area contributed by atoms with Crippen molar-refractivity contribution < 1.29 is 4.79 Å². The lowest BCUT2D eigenvalue weighted by molar-refractivity contribution is 0.102. The number of hydrogen-bond donors (Lipinski definition) is 1. The van der Waals surface area contributed by atoms with E-state index in [-0.39, 0.29) is 5.91 Å². The third-order valence-electron chi connectivity index (χ3n) is 4.16. The lowest BCUT2D eigenvalue weighted by atomic mass is 10.2. The molecule has 1 N–H and O–H groups in total. The van der Waals surface area contributed by atoms with Gasteiger partial charge in [0.05, 0.1) is 11.4 Å². The molecule has 1 amide bonds. The third-order valence-corrected chi connectivity index (χ3v) is 6.04. The molecule has 4 aromatic rings. The molecule has 0 fully saturated rings. The molecule has 0 atom stereocenters. The number of benzene rings is 2. The number of amides is 1. The van der Waals surface area contributed by atoms with Gasteiger partial charge in [-0.25, -0.2) is 4.68 Å². The molecule has 2 aromatic heterocycles. The summed E-state index contributed by atoms with van der Waals surface area (Å²) in [6.45, 7) is 1.92. The Morgan fingerprint density at radius 3 is 2.76 bits per heavy atom. The molecule has 29 heavy (non-hydrogen) atoms. The van der Waals surface area contributed by atoms with Crippen molar-refractivity contribution in [2.45, 2.75) is 11.8 Å². The van der Waals surface area contributed by atoms with Gasteiger partial charge in [-0.2, -0.15) is 9.36 Å². The topological polar surface area (TPSA) is 85.6 Å². The largest absolute Gasteiger partial charge is 0.297 e. The van der Waals surface area contributed by atoms with E-state index in [0.717, 1.165) is 32.3 Å². The van der Waals surface area contributed by atoms with Crippen LogP contribution in [0.15, 0.2) is 57.9 Å². The third kappa shape index (κ3) is 4.24. The molecule has 0 saturated carbocycles. The Morgan fingerprint density at radius 1 is 1.21 bits per heavy atom. The van der Waals surface area contributed by atoms with E-state index in [1.165, 1.54) is 0 Å². The molecule has 0 aliphatic rings. The molecule has 7 nitrogen and oxygen atoms in total. The fraction of sp³-hybridized carbons (Fsp3) is 0.105. The van der Waals surface area contributed by atoms with Gasteiger partial charge in [-0.15, -0.1) is 16.9 Å². The minimum Gasteiger partial charge on any atom is -0.297 e. The van der Waals surface area contributed by atoms with Gasteiger partial charge in [0.15, 0.2) is 11.5 Å². The van der Waals surface area contributed by atoms with Crippen molar-refractivity contribution >= 4 is 50.3 Å². The molecule has 0 spiro atoms. The Labute approximate surface area is 183 Å². The highest BCUT2D eigenvalue weighted by molar-refractivity contribution is 9.10. The first kappa shape index (κ1) is 19.7. The van der Waals surface area contributed by atoms with Gasteiger partial charge in [-0.3, -0.25) is 10.1 Å². The Hall–Kier alpha value is -2.56. The van der Waals surface area contributed by atoms with Crippen molar-refractivity contribution in [1.82, 2.24) is 24.4 Å². The minimum absolute atomic E-state index is 0.241. The summed E-state index contributed by atoms with van der Waals surface area (Å²) in [7, 11) is 0. The van der Waals surface area contributed by atoms with Crippen LogP contribution >= 0.6 is 39.2 Å². The Morgan fingerprint density at radius 2 is 2.00 bits per heavy atom. The van der Waals surface area contributed by atoms with Crippen LogP contribution in [0.5, 0.6) is 0 Å². The second-order valence-corrected chi connectivity index (χ2v) is 8.57. The van der Waals surface area contributed by atoms with E-state index in [4.69, 9.17) is 0 Å². The van der Waals surface area contributed by atoms with Crippen LogP contribution in [0.25, 0.3) is 17.2 Å². The molecule has 0 saturated heterocycles. The highest BCUT2D eigenvalue weighted by Crippen LogP contribution is 2.25. The van der Waals surface area contributed by atoms with E-state index in [1.807, 2.05) is 43.5 Å². The predicted molar refractivity (Wildman–Crippen MR) is 119 cm³/mol. The first-order valence-electron chi connectivity index (χ1n) is 8.53. The molecule has 10 heteroatoms. The van der Waals surface area contributed by atoms with Crippen LogP contribution in [0.3, 0.4) is 0 Å². The SMILES string of the molecule is CSc1cccc(-n2nnc(-c3nsc(NC(=O)c4ccc(Br)cc4)n3)c2C)c1. The smallest absolute Gasteiger partial charge is 0.257 e. The Bertz CT molecular complexity index is 1170. The van der Waals surface area contributed by atoms with Gasteiger partial charge < -0.3 is 0 Å². The first-order valence-corrected chi connectivity index (χ1v) is 11.3. The number of aromatic nitrogens is 5. The van der Waals surface area contributed by atoms with Gasteiger partial charge in [0.1, 0.15) is 0 Å². The zero-order valence-electron chi connectivity index (χ0n) is 15.5. The molecular weight excluding hydrogens is 472 g/mol. The second kappa shape index (κ2) is 8.44. The summed E-state index contributed by atoms with van der Waals surface area (Å²) in [5.41, 5.74) is 2.87. The van der Waals surface area contributed by atoms with E-state index in [0.29, 0.717) is 22.2 Å². The molecule has 2 aromatic carbocycles. The summed E-state index contributed by atoms with van der Waals surface area (Å²) in [4.78, 5) is 17.9. The molecule has 0 radical (unpaired) electrons. The average Bonchev–Trinajstić information content (AvgIpc) is 3.34.